The standard InChI is InChI=1S/C18H19Cl2N3O2/c1-3-23(4-2)13-10-8-12(9-11-13)21-17(24)18(25)22-15-7-5-6-14(19)16(15)20/h5-11H,3-4H2,1-2H3,(H,21,24)(H,22,25). The Hall–Kier alpha value is -2.24. The molecule has 5 nitrogen and oxygen atoms in total. The maximum atomic E-state index is 12.0. The molecule has 0 radical (unpaired) electrons. The zero-order chi connectivity index (χ0) is 18.4. The van der Waals surface area contributed by atoms with Crippen molar-refractivity contribution in [2.75, 3.05) is 28.6 Å². The lowest BCUT2D eigenvalue weighted by molar-refractivity contribution is -0.132. The van der Waals surface area contributed by atoms with Crippen LogP contribution in [0.1, 0.15) is 13.8 Å². The fourth-order valence-corrected chi connectivity index (χ4v) is 2.66. The van der Waals surface area contributed by atoms with Crippen molar-refractivity contribution >= 4 is 52.1 Å². The van der Waals surface area contributed by atoms with Crippen molar-refractivity contribution in [2.24, 2.45) is 0 Å². The fourth-order valence-electron chi connectivity index (χ4n) is 2.31. The predicted octanol–water partition coefficient (Wildman–Crippen LogP) is 4.42. The fraction of sp³-hybridized carbons (Fsp3) is 0.222. The minimum absolute atomic E-state index is 0.189. The van der Waals surface area contributed by atoms with Crippen LogP contribution in [0.3, 0.4) is 0 Å². The van der Waals surface area contributed by atoms with E-state index in [1.165, 1.54) is 0 Å². The van der Waals surface area contributed by atoms with Crippen molar-refractivity contribution in [1.29, 1.82) is 0 Å². The van der Waals surface area contributed by atoms with E-state index in [0.717, 1.165) is 18.8 Å². The minimum atomic E-state index is -0.822. The second kappa shape index (κ2) is 8.74. The molecular weight excluding hydrogens is 361 g/mol. The van der Waals surface area contributed by atoms with E-state index >= 15 is 0 Å². The number of halogens is 2. The van der Waals surface area contributed by atoms with Crippen LogP contribution in [0.15, 0.2) is 42.5 Å². The maximum Gasteiger partial charge on any atom is 0.314 e. The van der Waals surface area contributed by atoms with Gasteiger partial charge in [0.1, 0.15) is 0 Å². The molecule has 0 aliphatic heterocycles. The molecule has 0 spiro atoms. The van der Waals surface area contributed by atoms with Gasteiger partial charge in [-0.25, -0.2) is 0 Å². The molecule has 2 aromatic carbocycles. The van der Waals surface area contributed by atoms with Crippen molar-refractivity contribution in [3.8, 4) is 0 Å². The second-order valence-electron chi connectivity index (χ2n) is 5.23. The summed E-state index contributed by atoms with van der Waals surface area (Å²) < 4.78 is 0. The molecular formula is C18H19Cl2N3O2. The van der Waals surface area contributed by atoms with Crippen LogP contribution in [0.2, 0.25) is 10.0 Å². The van der Waals surface area contributed by atoms with Gasteiger partial charge in [0, 0.05) is 24.5 Å². The first-order valence-electron chi connectivity index (χ1n) is 7.87. The monoisotopic (exact) mass is 379 g/mol. The number of anilines is 3. The van der Waals surface area contributed by atoms with Crippen LogP contribution in [0.25, 0.3) is 0 Å². The number of benzene rings is 2. The Kier molecular flexibility index (Phi) is 6.67. The van der Waals surface area contributed by atoms with Gasteiger partial charge in [0.05, 0.1) is 15.7 Å². The number of hydrogen-bond acceptors (Lipinski definition) is 3. The first-order valence-corrected chi connectivity index (χ1v) is 8.63. The van der Waals surface area contributed by atoms with E-state index in [2.05, 4.69) is 29.4 Å². The highest BCUT2D eigenvalue weighted by Gasteiger charge is 2.16. The molecule has 2 N–H and O–H groups in total. The summed E-state index contributed by atoms with van der Waals surface area (Å²) in [7, 11) is 0. The number of carbonyl (C=O) groups excluding carboxylic acids is 2. The molecule has 7 heteroatoms. The van der Waals surface area contributed by atoms with Gasteiger partial charge in [-0.1, -0.05) is 29.3 Å². The van der Waals surface area contributed by atoms with Crippen molar-refractivity contribution < 1.29 is 9.59 Å². The molecule has 0 heterocycles. The summed E-state index contributed by atoms with van der Waals surface area (Å²) in [5.41, 5.74) is 1.87. The number of carbonyl (C=O) groups is 2. The quantitative estimate of drug-likeness (QED) is 0.755. The molecule has 0 atom stereocenters. The van der Waals surface area contributed by atoms with Crippen molar-refractivity contribution in [3.05, 3.63) is 52.5 Å². The molecule has 0 aliphatic rings. The van der Waals surface area contributed by atoms with Crippen molar-refractivity contribution in [3.63, 3.8) is 0 Å². The van der Waals surface area contributed by atoms with Gasteiger partial charge in [0.2, 0.25) is 0 Å². The molecule has 25 heavy (non-hydrogen) atoms. The van der Waals surface area contributed by atoms with Crippen LogP contribution in [0, 0.1) is 0 Å². The molecule has 0 aliphatic carbocycles. The van der Waals surface area contributed by atoms with Crippen LogP contribution in [-0.4, -0.2) is 24.9 Å². The maximum absolute atomic E-state index is 12.0. The van der Waals surface area contributed by atoms with E-state index in [4.69, 9.17) is 23.2 Å². The van der Waals surface area contributed by atoms with Gasteiger partial charge in [-0.15, -0.1) is 0 Å². The molecule has 132 valence electrons. The molecule has 0 bridgehead atoms. The molecule has 2 aromatic rings. The van der Waals surface area contributed by atoms with E-state index in [0.29, 0.717) is 10.7 Å². The highest BCUT2D eigenvalue weighted by atomic mass is 35.5. The number of nitrogens with one attached hydrogen (secondary N) is 2. The molecule has 2 rings (SSSR count). The van der Waals surface area contributed by atoms with Gasteiger partial charge in [0.15, 0.2) is 0 Å². The first kappa shape index (κ1) is 19.1. The number of amides is 2. The van der Waals surface area contributed by atoms with Gasteiger partial charge in [0.25, 0.3) is 0 Å². The van der Waals surface area contributed by atoms with E-state index in [1.54, 1.807) is 30.3 Å². The third kappa shape index (κ3) is 4.87. The van der Waals surface area contributed by atoms with E-state index in [-0.39, 0.29) is 10.7 Å². The number of hydrogen-bond donors (Lipinski definition) is 2. The molecule has 0 aromatic heterocycles. The van der Waals surface area contributed by atoms with Gasteiger partial charge >= 0.3 is 11.8 Å². The Balaban J connectivity index is 2.01. The number of rotatable bonds is 5. The largest absolute Gasteiger partial charge is 0.372 e. The summed E-state index contributed by atoms with van der Waals surface area (Å²) in [5, 5.41) is 5.48. The Labute approximate surface area is 156 Å². The van der Waals surface area contributed by atoms with Crippen LogP contribution >= 0.6 is 23.2 Å². The Morgan fingerprint density at radius 3 is 2.12 bits per heavy atom. The van der Waals surface area contributed by atoms with E-state index in [9.17, 15) is 9.59 Å². The molecule has 0 saturated heterocycles. The van der Waals surface area contributed by atoms with Gasteiger partial charge in [-0.05, 0) is 50.2 Å². The SMILES string of the molecule is CCN(CC)c1ccc(NC(=O)C(=O)Nc2cccc(Cl)c2Cl)cc1. The van der Waals surface area contributed by atoms with Crippen molar-refractivity contribution in [1.82, 2.24) is 0 Å². The smallest absolute Gasteiger partial charge is 0.314 e. The summed E-state index contributed by atoms with van der Waals surface area (Å²) in [6.45, 7) is 5.94. The topological polar surface area (TPSA) is 61.4 Å². The lowest BCUT2D eigenvalue weighted by atomic mass is 10.2. The lowest BCUT2D eigenvalue weighted by Gasteiger charge is -2.21. The molecule has 2 amide bonds. The average molecular weight is 380 g/mol. The predicted molar refractivity (Wildman–Crippen MR) is 104 cm³/mol. The van der Waals surface area contributed by atoms with Gasteiger partial charge < -0.3 is 15.5 Å². The summed E-state index contributed by atoms with van der Waals surface area (Å²) in [6.07, 6.45) is 0. The minimum Gasteiger partial charge on any atom is -0.372 e. The average Bonchev–Trinajstić information content (AvgIpc) is 2.61. The third-order valence-corrected chi connectivity index (χ3v) is 4.48. The summed E-state index contributed by atoms with van der Waals surface area (Å²) in [6, 6.07) is 12.1. The highest BCUT2D eigenvalue weighted by Crippen LogP contribution is 2.29. The zero-order valence-corrected chi connectivity index (χ0v) is 15.5. The summed E-state index contributed by atoms with van der Waals surface area (Å²) in [5.74, 6) is -1.61. The third-order valence-electron chi connectivity index (χ3n) is 3.66. The van der Waals surface area contributed by atoms with Crippen LogP contribution in [-0.2, 0) is 9.59 Å². The lowest BCUT2D eigenvalue weighted by Crippen LogP contribution is -2.29. The second-order valence-corrected chi connectivity index (χ2v) is 6.01. The van der Waals surface area contributed by atoms with Gasteiger partial charge in [-0.2, -0.15) is 0 Å². The first-order chi connectivity index (χ1) is 12.0. The Morgan fingerprint density at radius 1 is 0.920 bits per heavy atom. The van der Waals surface area contributed by atoms with Crippen LogP contribution < -0.4 is 15.5 Å². The van der Waals surface area contributed by atoms with Crippen molar-refractivity contribution in [2.45, 2.75) is 13.8 Å². The highest BCUT2D eigenvalue weighted by molar-refractivity contribution is 6.47. The van der Waals surface area contributed by atoms with E-state index in [1.807, 2.05) is 12.1 Å². The Morgan fingerprint density at radius 2 is 1.52 bits per heavy atom. The molecule has 0 fully saturated rings. The Bertz CT molecular complexity index is 759. The molecule has 0 unspecified atom stereocenters. The normalized spacial score (nSPS) is 10.2. The zero-order valence-electron chi connectivity index (χ0n) is 14.0. The van der Waals surface area contributed by atoms with Crippen LogP contribution in [0.5, 0.6) is 0 Å². The number of nitrogens with zero attached hydrogens (tertiary/aromatic N) is 1. The van der Waals surface area contributed by atoms with E-state index < -0.39 is 11.8 Å². The summed E-state index contributed by atoms with van der Waals surface area (Å²) in [4.78, 5) is 26.2. The van der Waals surface area contributed by atoms with Crippen LogP contribution in [0.4, 0.5) is 17.1 Å². The summed E-state index contributed by atoms with van der Waals surface area (Å²) >= 11 is 11.9. The molecule has 0 saturated carbocycles. The van der Waals surface area contributed by atoms with Gasteiger partial charge in [-0.3, -0.25) is 9.59 Å².